The normalized spacial score (nSPS) is 15.8. The largest absolute Gasteiger partial charge is 0.497 e. The predicted molar refractivity (Wildman–Crippen MR) is 76.6 cm³/mol. The number of anilines is 1. The molecular formula is C15H21N3O. The molecule has 0 aliphatic carbocycles. The van der Waals surface area contributed by atoms with Crippen molar-refractivity contribution in [3.8, 4) is 11.8 Å². The lowest BCUT2D eigenvalue weighted by Gasteiger charge is -2.29. The summed E-state index contributed by atoms with van der Waals surface area (Å²) in [5.41, 5.74) is 1.66. The molecule has 0 atom stereocenters. The molecule has 1 heterocycles. The zero-order chi connectivity index (χ0) is 13.7. The lowest BCUT2D eigenvalue weighted by atomic mass is 9.97. The molecular weight excluding hydrogens is 238 g/mol. The van der Waals surface area contributed by atoms with Crippen LogP contribution in [0.15, 0.2) is 18.2 Å². The fraction of sp³-hybridized carbons (Fsp3) is 0.533. The molecule has 1 fully saturated rings. The van der Waals surface area contributed by atoms with Crippen LogP contribution in [0.3, 0.4) is 0 Å². The Morgan fingerprint density at radius 2 is 2.16 bits per heavy atom. The summed E-state index contributed by atoms with van der Waals surface area (Å²) < 4.78 is 5.25. The van der Waals surface area contributed by atoms with Crippen molar-refractivity contribution < 1.29 is 4.74 Å². The summed E-state index contributed by atoms with van der Waals surface area (Å²) in [6, 6.07) is 7.86. The Bertz CT molecular complexity index is 461. The quantitative estimate of drug-likeness (QED) is 0.898. The van der Waals surface area contributed by atoms with Crippen LogP contribution in [0.4, 0.5) is 5.69 Å². The third-order valence-corrected chi connectivity index (χ3v) is 3.73. The first-order valence-electron chi connectivity index (χ1n) is 6.74. The molecule has 1 aromatic rings. The monoisotopic (exact) mass is 259 g/mol. The second-order valence-corrected chi connectivity index (χ2v) is 5.07. The van der Waals surface area contributed by atoms with E-state index in [0.29, 0.717) is 11.5 Å². The third-order valence-electron chi connectivity index (χ3n) is 3.73. The number of benzene rings is 1. The summed E-state index contributed by atoms with van der Waals surface area (Å²) in [6.45, 7) is 3.19. The van der Waals surface area contributed by atoms with Gasteiger partial charge in [-0.1, -0.05) is 0 Å². The van der Waals surface area contributed by atoms with E-state index in [9.17, 15) is 5.26 Å². The fourth-order valence-electron chi connectivity index (χ4n) is 2.60. The molecule has 1 aromatic carbocycles. The minimum Gasteiger partial charge on any atom is -0.497 e. The van der Waals surface area contributed by atoms with Gasteiger partial charge in [-0.2, -0.15) is 5.26 Å². The Morgan fingerprint density at radius 3 is 2.79 bits per heavy atom. The molecule has 0 spiro atoms. The fourth-order valence-corrected chi connectivity index (χ4v) is 2.60. The summed E-state index contributed by atoms with van der Waals surface area (Å²) in [6.07, 6.45) is 2.41. The summed E-state index contributed by atoms with van der Waals surface area (Å²) in [5, 5.41) is 12.6. The van der Waals surface area contributed by atoms with Crippen molar-refractivity contribution in [1.29, 1.82) is 5.26 Å². The first-order chi connectivity index (χ1) is 9.24. The van der Waals surface area contributed by atoms with E-state index >= 15 is 0 Å². The Morgan fingerprint density at radius 1 is 1.42 bits per heavy atom. The van der Waals surface area contributed by atoms with Gasteiger partial charge in [0.15, 0.2) is 0 Å². The molecule has 102 valence electrons. The highest BCUT2D eigenvalue weighted by molar-refractivity contribution is 5.61. The minimum atomic E-state index is 0.698. The number of hydrogen-bond acceptors (Lipinski definition) is 4. The van der Waals surface area contributed by atoms with E-state index in [-0.39, 0.29) is 0 Å². The number of nitrogens with zero attached hydrogens (tertiary/aromatic N) is 2. The van der Waals surface area contributed by atoms with Crippen molar-refractivity contribution in [1.82, 2.24) is 5.32 Å². The molecule has 4 nitrogen and oxygen atoms in total. The van der Waals surface area contributed by atoms with Gasteiger partial charge < -0.3 is 15.0 Å². The standard InChI is InChI=1S/C15H21N3O/c1-18(11-12-5-7-17-8-6-12)15-9-14(19-2)4-3-13(15)10-16/h3-4,9,12,17H,5-8,11H2,1-2H3. The van der Waals surface area contributed by atoms with Crippen LogP contribution in [0.2, 0.25) is 0 Å². The Hall–Kier alpha value is -1.73. The van der Waals surface area contributed by atoms with Crippen molar-refractivity contribution in [3.05, 3.63) is 23.8 Å². The van der Waals surface area contributed by atoms with E-state index in [0.717, 1.165) is 31.1 Å². The van der Waals surface area contributed by atoms with Crippen molar-refractivity contribution in [2.24, 2.45) is 5.92 Å². The van der Waals surface area contributed by atoms with E-state index < -0.39 is 0 Å². The maximum Gasteiger partial charge on any atom is 0.121 e. The van der Waals surface area contributed by atoms with Gasteiger partial charge in [-0.15, -0.1) is 0 Å². The molecule has 1 N–H and O–H groups in total. The molecule has 1 aliphatic rings. The Kier molecular flexibility index (Phi) is 4.64. The average molecular weight is 259 g/mol. The molecule has 2 rings (SSSR count). The first kappa shape index (κ1) is 13.7. The number of methoxy groups -OCH3 is 1. The third kappa shape index (κ3) is 3.39. The van der Waals surface area contributed by atoms with Gasteiger partial charge in [0.1, 0.15) is 11.8 Å². The molecule has 19 heavy (non-hydrogen) atoms. The van der Waals surface area contributed by atoms with Crippen molar-refractivity contribution in [2.45, 2.75) is 12.8 Å². The number of hydrogen-bond donors (Lipinski definition) is 1. The van der Waals surface area contributed by atoms with Crippen LogP contribution >= 0.6 is 0 Å². The molecule has 4 heteroatoms. The number of piperidine rings is 1. The van der Waals surface area contributed by atoms with Gasteiger partial charge >= 0.3 is 0 Å². The van der Waals surface area contributed by atoms with Crippen LogP contribution in [0.1, 0.15) is 18.4 Å². The van der Waals surface area contributed by atoms with Gasteiger partial charge in [0.2, 0.25) is 0 Å². The van der Waals surface area contributed by atoms with Gasteiger partial charge in [0, 0.05) is 19.7 Å². The molecule has 1 aliphatic heterocycles. The van der Waals surface area contributed by atoms with E-state index in [4.69, 9.17) is 4.74 Å². The molecule has 0 radical (unpaired) electrons. The summed E-state index contributed by atoms with van der Waals surface area (Å²) >= 11 is 0. The van der Waals surface area contributed by atoms with Crippen molar-refractivity contribution >= 4 is 5.69 Å². The number of rotatable bonds is 4. The molecule has 0 unspecified atom stereocenters. The first-order valence-corrected chi connectivity index (χ1v) is 6.74. The zero-order valence-corrected chi connectivity index (χ0v) is 11.6. The van der Waals surface area contributed by atoms with Crippen LogP contribution in [0.5, 0.6) is 5.75 Å². The highest BCUT2D eigenvalue weighted by Crippen LogP contribution is 2.26. The van der Waals surface area contributed by atoms with Gasteiger partial charge in [0.25, 0.3) is 0 Å². The van der Waals surface area contributed by atoms with Gasteiger partial charge in [-0.25, -0.2) is 0 Å². The van der Waals surface area contributed by atoms with E-state index in [2.05, 4.69) is 23.3 Å². The lowest BCUT2D eigenvalue weighted by Crippen LogP contribution is -2.34. The van der Waals surface area contributed by atoms with Crippen LogP contribution in [-0.2, 0) is 0 Å². The molecule has 0 bridgehead atoms. The van der Waals surface area contributed by atoms with Crippen LogP contribution in [0.25, 0.3) is 0 Å². The Labute approximate surface area is 115 Å². The summed E-state index contributed by atoms with van der Waals surface area (Å²) in [4.78, 5) is 2.18. The smallest absolute Gasteiger partial charge is 0.121 e. The zero-order valence-electron chi connectivity index (χ0n) is 11.6. The second-order valence-electron chi connectivity index (χ2n) is 5.07. The second kappa shape index (κ2) is 6.44. The molecule has 0 saturated carbocycles. The van der Waals surface area contributed by atoms with Gasteiger partial charge in [-0.05, 0) is 44.0 Å². The van der Waals surface area contributed by atoms with E-state index in [1.807, 2.05) is 18.2 Å². The predicted octanol–water partition coefficient (Wildman–Crippen LogP) is 2.00. The highest BCUT2D eigenvalue weighted by Gasteiger charge is 2.17. The van der Waals surface area contributed by atoms with E-state index in [1.54, 1.807) is 7.11 Å². The lowest BCUT2D eigenvalue weighted by molar-refractivity contribution is 0.377. The van der Waals surface area contributed by atoms with Crippen LogP contribution < -0.4 is 15.0 Å². The molecule has 1 saturated heterocycles. The van der Waals surface area contributed by atoms with Crippen molar-refractivity contribution in [2.75, 3.05) is 38.7 Å². The number of ether oxygens (including phenoxy) is 1. The minimum absolute atomic E-state index is 0.698. The average Bonchev–Trinajstić information content (AvgIpc) is 2.47. The van der Waals surface area contributed by atoms with Crippen molar-refractivity contribution in [3.63, 3.8) is 0 Å². The molecule has 0 amide bonds. The number of nitrogens with one attached hydrogen (secondary N) is 1. The highest BCUT2D eigenvalue weighted by atomic mass is 16.5. The van der Waals surface area contributed by atoms with E-state index in [1.165, 1.54) is 12.8 Å². The molecule has 0 aromatic heterocycles. The maximum atomic E-state index is 9.21. The van der Waals surface area contributed by atoms with Gasteiger partial charge in [-0.3, -0.25) is 0 Å². The maximum absolute atomic E-state index is 9.21. The summed E-state index contributed by atoms with van der Waals surface area (Å²) in [5.74, 6) is 1.50. The Balaban J connectivity index is 2.12. The number of nitriles is 1. The topological polar surface area (TPSA) is 48.3 Å². The van der Waals surface area contributed by atoms with Crippen LogP contribution in [0, 0.1) is 17.2 Å². The summed E-state index contributed by atoms with van der Waals surface area (Å²) in [7, 11) is 3.70. The SMILES string of the molecule is COc1ccc(C#N)c(N(C)CC2CCNCC2)c1. The van der Waals surface area contributed by atoms with Gasteiger partial charge in [0.05, 0.1) is 18.4 Å². The van der Waals surface area contributed by atoms with Crippen LogP contribution in [-0.4, -0.2) is 33.8 Å².